The summed E-state index contributed by atoms with van der Waals surface area (Å²) in [6.45, 7) is 4.58. The molecule has 21 heavy (non-hydrogen) atoms. The Morgan fingerprint density at radius 1 is 1.29 bits per heavy atom. The van der Waals surface area contributed by atoms with Crippen molar-refractivity contribution >= 4 is 0 Å². The van der Waals surface area contributed by atoms with Crippen molar-refractivity contribution < 1.29 is 22.3 Å². The summed E-state index contributed by atoms with van der Waals surface area (Å²) in [4.78, 5) is 0. The SMILES string of the molecule is CCNC(c1cc(F)ccc1C(F)(F)F)C(C)CCOC. The average molecular weight is 307 g/mol. The first kappa shape index (κ1) is 17.9. The third kappa shape index (κ3) is 4.97. The standard InChI is InChI=1S/C15H21F4NO/c1-4-20-14(10(2)7-8-21-3)12-9-11(16)5-6-13(12)15(17,18)19/h5-6,9-10,14,20H,4,7-8H2,1-3H3. The Morgan fingerprint density at radius 3 is 2.48 bits per heavy atom. The van der Waals surface area contributed by atoms with Gasteiger partial charge < -0.3 is 10.1 Å². The molecule has 2 unspecified atom stereocenters. The van der Waals surface area contributed by atoms with Crippen LogP contribution < -0.4 is 5.32 Å². The van der Waals surface area contributed by atoms with E-state index in [4.69, 9.17) is 4.74 Å². The van der Waals surface area contributed by atoms with Crippen LogP contribution in [0.2, 0.25) is 0 Å². The van der Waals surface area contributed by atoms with Gasteiger partial charge in [0.1, 0.15) is 5.82 Å². The number of ether oxygens (including phenoxy) is 1. The van der Waals surface area contributed by atoms with Gasteiger partial charge in [0.05, 0.1) is 5.56 Å². The molecule has 0 aliphatic heterocycles. The Bertz CT molecular complexity index is 448. The first-order chi connectivity index (χ1) is 9.81. The zero-order valence-electron chi connectivity index (χ0n) is 12.4. The van der Waals surface area contributed by atoms with Gasteiger partial charge in [-0.2, -0.15) is 13.2 Å². The van der Waals surface area contributed by atoms with Crippen LogP contribution in [0, 0.1) is 11.7 Å². The fraction of sp³-hybridized carbons (Fsp3) is 0.600. The lowest BCUT2D eigenvalue weighted by Crippen LogP contribution is -2.30. The molecule has 0 spiro atoms. The molecule has 2 nitrogen and oxygen atoms in total. The summed E-state index contributed by atoms with van der Waals surface area (Å²) < 4.78 is 57.8. The Balaban J connectivity index is 3.20. The van der Waals surface area contributed by atoms with Crippen molar-refractivity contribution in [2.24, 2.45) is 5.92 Å². The van der Waals surface area contributed by atoms with Gasteiger partial charge in [-0.05, 0) is 42.6 Å². The number of methoxy groups -OCH3 is 1. The van der Waals surface area contributed by atoms with Gasteiger partial charge in [0, 0.05) is 19.8 Å². The molecule has 0 aliphatic rings. The highest BCUT2D eigenvalue weighted by Gasteiger charge is 2.36. The maximum absolute atomic E-state index is 13.4. The highest BCUT2D eigenvalue weighted by molar-refractivity contribution is 5.33. The summed E-state index contributed by atoms with van der Waals surface area (Å²) in [6.07, 6.45) is -3.92. The van der Waals surface area contributed by atoms with Gasteiger partial charge in [0.2, 0.25) is 0 Å². The van der Waals surface area contributed by atoms with Crippen LogP contribution in [0.3, 0.4) is 0 Å². The number of halogens is 4. The molecule has 0 aromatic heterocycles. The number of alkyl halides is 3. The van der Waals surface area contributed by atoms with Crippen molar-refractivity contribution in [3.8, 4) is 0 Å². The largest absolute Gasteiger partial charge is 0.416 e. The lowest BCUT2D eigenvalue weighted by molar-refractivity contribution is -0.138. The molecule has 0 heterocycles. The minimum absolute atomic E-state index is 0.0482. The molecule has 0 amide bonds. The number of nitrogens with one attached hydrogen (secondary N) is 1. The van der Waals surface area contributed by atoms with E-state index in [-0.39, 0.29) is 11.5 Å². The molecule has 120 valence electrons. The molecule has 0 bridgehead atoms. The first-order valence-corrected chi connectivity index (χ1v) is 6.90. The zero-order valence-corrected chi connectivity index (χ0v) is 12.4. The van der Waals surface area contributed by atoms with E-state index in [0.29, 0.717) is 19.6 Å². The van der Waals surface area contributed by atoms with E-state index < -0.39 is 23.6 Å². The second-order valence-corrected chi connectivity index (χ2v) is 5.02. The summed E-state index contributed by atoms with van der Waals surface area (Å²) in [5, 5.41) is 3.03. The molecule has 0 radical (unpaired) electrons. The van der Waals surface area contributed by atoms with Crippen LogP contribution in [0.15, 0.2) is 18.2 Å². The van der Waals surface area contributed by atoms with Crippen molar-refractivity contribution in [2.75, 3.05) is 20.3 Å². The van der Waals surface area contributed by atoms with E-state index in [1.165, 1.54) is 7.11 Å². The van der Waals surface area contributed by atoms with E-state index in [1.54, 1.807) is 0 Å². The smallest absolute Gasteiger partial charge is 0.385 e. The Labute approximate surface area is 122 Å². The fourth-order valence-electron chi connectivity index (χ4n) is 2.36. The van der Waals surface area contributed by atoms with E-state index in [1.807, 2.05) is 13.8 Å². The van der Waals surface area contributed by atoms with Gasteiger partial charge in [-0.15, -0.1) is 0 Å². The summed E-state index contributed by atoms with van der Waals surface area (Å²) >= 11 is 0. The first-order valence-electron chi connectivity index (χ1n) is 6.90. The maximum Gasteiger partial charge on any atom is 0.416 e. The molecule has 1 aromatic carbocycles. The quantitative estimate of drug-likeness (QED) is 0.764. The molecule has 1 aromatic rings. The molecule has 0 saturated carbocycles. The van der Waals surface area contributed by atoms with Crippen molar-refractivity contribution in [2.45, 2.75) is 32.5 Å². The summed E-state index contributed by atoms with van der Waals surface area (Å²) in [5.74, 6) is -0.785. The summed E-state index contributed by atoms with van der Waals surface area (Å²) in [5.41, 5.74) is -0.841. The summed E-state index contributed by atoms with van der Waals surface area (Å²) in [7, 11) is 1.54. The molecule has 0 saturated heterocycles. The van der Waals surface area contributed by atoms with Crippen LogP contribution in [0.1, 0.15) is 37.4 Å². The lowest BCUT2D eigenvalue weighted by atomic mass is 9.88. The van der Waals surface area contributed by atoms with Gasteiger partial charge in [-0.1, -0.05) is 13.8 Å². The van der Waals surface area contributed by atoms with E-state index >= 15 is 0 Å². The van der Waals surface area contributed by atoms with E-state index in [2.05, 4.69) is 5.32 Å². The van der Waals surface area contributed by atoms with Crippen LogP contribution >= 0.6 is 0 Å². The zero-order chi connectivity index (χ0) is 16.0. The molecule has 1 rings (SSSR count). The molecule has 6 heteroatoms. The van der Waals surface area contributed by atoms with Gasteiger partial charge in [0.15, 0.2) is 0 Å². The fourth-order valence-corrected chi connectivity index (χ4v) is 2.36. The van der Waals surface area contributed by atoms with Gasteiger partial charge in [0.25, 0.3) is 0 Å². The molecule has 1 N–H and O–H groups in total. The molecule has 0 fully saturated rings. The second kappa shape index (κ2) is 7.75. The Morgan fingerprint density at radius 2 is 1.95 bits per heavy atom. The summed E-state index contributed by atoms with van der Waals surface area (Å²) in [6, 6.07) is 2.05. The predicted octanol–water partition coefficient (Wildman–Crippen LogP) is 4.17. The lowest BCUT2D eigenvalue weighted by Gasteiger charge is -2.28. The van der Waals surface area contributed by atoms with Gasteiger partial charge >= 0.3 is 6.18 Å². The minimum Gasteiger partial charge on any atom is -0.385 e. The highest BCUT2D eigenvalue weighted by Crippen LogP contribution is 2.37. The molecule has 0 aliphatic carbocycles. The molecule has 2 atom stereocenters. The Hall–Kier alpha value is -1.14. The molecular formula is C15H21F4NO. The van der Waals surface area contributed by atoms with Crippen molar-refractivity contribution in [1.29, 1.82) is 0 Å². The van der Waals surface area contributed by atoms with Gasteiger partial charge in [-0.3, -0.25) is 0 Å². The monoisotopic (exact) mass is 307 g/mol. The number of rotatable bonds is 7. The third-order valence-corrected chi connectivity index (χ3v) is 3.42. The van der Waals surface area contributed by atoms with E-state index in [0.717, 1.165) is 18.2 Å². The van der Waals surface area contributed by atoms with Crippen LogP contribution in [0.4, 0.5) is 17.6 Å². The normalized spacial score (nSPS) is 15.0. The number of hydrogen-bond donors (Lipinski definition) is 1. The maximum atomic E-state index is 13.4. The van der Waals surface area contributed by atoms with Crippen LogP contribution in [0.25, 0.3) is 0 Å². The average Bonchev–Trinajstić information content (AvgIpc) is 2.40. The van der Waals surface area contributed by atoms with Crippen molar-refractivity contribution in [3.63, 3.8) is 0 Å². The third-order valence-electron chi connectivity index (χ3n) is 3.42. The van der Waals surface area contributed by atoms with Crippen LogP contribution in [-0.4, -0.2) is 20.3 Å². The second-order valence-electron chi connectivity index (χ2n) is 5.02. The molecular weight excluding hydrogens is 286 g/mol. The van der Waals surface area contributed by atoms with Crippen molar-refractivity contribution in [1.82, 2.24) is 5.32 Å². The minimum atomic E-state index is -4.50. The topological polar surface area (TPSA) is 21.3 Å². The Kier molecular flexibility index (Phi) is 6.61. The highest BCUT2D eigenvalue weighted by atomic mass is 19.4. The van der Waals surface area contributed by atoms with Crippen LogP contribution in [0.5, 0.6) is 0 Å². The van der Waals surface area contributed by atoms with Gasteiger partial charge in [-0.25, -0.2) is 4.39 Å². The van der Waals surface area contributed by atoms with Crippen molar-refractivity contribution in [3.05, 3.63) is 35.1 Å². The number of hydrogen-bond acceptors (Lipinski definition) is 2. The predicted molar refractivity (Wildman–Crippen MR) is 73.5 cm³/mol. The van der Waals surface area contributed by atoms with E-state index in [9.17, 15) is 17.6 Å². The van der Waals surface area contributed by atoms with Crippen LogP contribution in [-0.2, 0) is 10.9 Å². The number of benzene rings is 1.